The molecule has 3 rings (SSSR count). The molecule has 2 aromatic heterocycles. The van der Waals surface area contributed by atoms with Crippen LogP contribution in [0.4, 0.5) is 10.1 Å². The first-order valence-electron chi connectivity index (χ1n) is 8.27. The van der Waals surface area contributed by atoms with Gasteiger partial charge in [-0.25, -0.2) is 0 Å². The van der Waals surface area contributed by atoms with Crippen molar-refractivity contribution in [1.29, 1.82) is 0 Å². The van der Waals surface area contributed by atoms with Crippen molar-refractivity contribution in [1.82, 2.24) is 9.97 Å². The number of aromatic nitrogens is 2. The van der Waals surface area contributed by atoms with Crippen LogP contribution in [0.2, 0.25) is 0 Å². The fraction of sp³-hybridized carbons (Fsp3) is 0.474. The molecule has 1 aliphatic rings. The first kappa shape index (κ1) is 15.9. The van der Waals surface area contributed by atoms with Crippen molar-refractivity contribution in [2.75, 3.05) is 12.4 Å². The van der Waals surface area contributed by atoms with Gasteiger partial charge in [0, 0.05) is 34.1 Å². The van der Waals surface area contributed by atoms with Crippen molar-refractivity contribution < 1.29 is 4.39 Å². The van der Waals surface area contributed by atoms with Crippen LogP contribution in [0.25, 0.3) is 11.1 Å². The van der Waals surface area contributed by atoms with Crippen LogP contribution in [0.3, 0.4) is 0 Å². The van der Waals surface area contributed by atoms with Crippen molar-refractivity contribution in [3.8, 4) is 11.1 Å². The molecule has 0 aromatic carbocycles. The van der Waals surface area contributed by atoms with E-state index in [4.69, 9.17) is 5.73 Å². The second-order valence-electron chi connectivity index (χ2n) is 6.90. The van der Waals surface area contributed by atoms with Crippen LogP contribution in [0, 0.1) is 12.8 Å². The summed E-state index contributed by atoms with van der Waals surface area (Å²) in [6.07, 6.45) is 6.13. The average molecular weight is 313 g/mol. The summed E-state index contributed by atoms with van der Waals surface area (Å²) in [7, 11) is 0. The fourth-order valence-electron chi connectivity index (χ4n) is 3.90. The lowest BCUT2D eigenvalue weighted by molar-refractivity contribution is 0.118. The molecule has 0 aliphatic heterocycles. The summed E-state index contributed by atoms with van der Waals surface area (Å²) in [6.45, 7) is 5.90. The first-order chi connectivity index (χ1) is 11.0. The van der Waals surface area contributed by atoms with Crippen LogP contribution < -0.4 is 5.73 Å². The molecule has 1 aliphatic carbocycles. The Morgan fingerprint density at radius 2 is 2.00 bits per heavy atom. The van der Waals surface area contributed by atoms with Gasteiger partial charge in [0.15, 0.2) is 0 Å². The zero-order valence-corrected chi connectivity index (χ0v) is 14.1. The van der Waals surface area contributed by atoms with Crippen molar-refractivity contribution in [2.45, 2.75) is 45.4 Å². The van der Waals surface area contributed by atoms with Gasteiger partial charge in [-0.1, -0.05) is 13.8 Å². The summed E-state index contributed by atoms with van der Waals surface area (Å²) in [4.78, 5) is 8.96. The minimum atomic E-state index is -0.352. The molecule has 1 fully saturated rings. The summed E-state index contributed by atoms with van der Waals surface area (Å²) in [6, 6.07) is 4.03. The van der Waals surface area contributed by atoms with Crippen LogP contribution in [-0.2, 0) is 11.8 Å². The molecule has 0 saturated heterocycles. The topological polar surface area (TPSA) is 51.8 Å². The highest BCUT2D eigenvalue weighted by Gasteiger charge is 2.45. The molecule has 0 atom stereocenters. The van der Waals surface area contributed by atoms with E-state index in [-0.39, 0.29) is 12.1 Å². The second kappa shape index (κ2) is 5.91. The molecule has 2 aromatic rings. The van der Waals surface area contributed by atoms with Crippen LogP contribution in [0.1, 0.15) is 43.6 Å². The lowest BCUT2D eigenvalue weighted by Crippen LogP contribution is -2.43. The maximum Gasteiger partial charge on any atom is 0.0991 e. The van der Waals surface area contributed by atoms with E-state index >= 15 is 0 Å². The van der Waals surface area contributed by atoms with E-state index in [0.717, 1.165) is 47.3 Å². The zero-order valence-electron chi connectivity index (χ0n) is 14.1. The fourth-order valence-corrected chi connectivity index (χ4v) is 3.90. The summed E-state index contributed by atoms with van der Waals surface area (Å²) in [5.41, 5.74) is 11.1. The number of nitrogens with two attached hydrogens (primary N) is 1. The Labute approximate surface area is 137 Å². The second-order valence-corrected chi connectivity index (χ2v) is 6.90. The summed E-state index contributed by atoms with van der Waals surface area (Å²) in [5.74, 6) is 0.579. The molecule has 122 valence electrons. The normalized spacial score (nSPS) is 23.6. The molecule has 0 bridgehead atoms. The quantitative estimate of drug-likeness (QED) is 0.919. The number of anilines is 1. The Morgan fingerprint density at radius 1 is 1.26 bits per heavy atom. The van der Waals surface area contributed by atoms with Crippen molar-refractivity contribution in [3.63, 3.8) is 0 Å². The van der Waals surface area contributed by atoms with Gasteiger partial charge in [-0.2, -0.15) is 0 Å². The Hall–Kier alpha value is -1.97. The molecule has 0 spiro atoms. The first-order valence-corrected chi connectivity index (χ1v) is 8.27. The van der Waals surface area contributed by atoms with Gasteiger partial charge < -0.3 is 5.73 Å². The number of aryl methyl sites for hydroxylation is 2. The summed E-state index contributed by atoms with van der Waals surface area (Å²) in [5, 5.41) is 0. The highest BCUT2D eigenvalue weighted by Crippen LogP contribution is 2.49. The van der Waals surface area contributed by atoms with Crippen LogP contribution >= 0.6 is 0 Å². The van der Waals surface area contributed by atoms with Gasteiger partial charge in [0.05, 0.1) is 18.6 Å². The van der Waals surface area contributed by atoms with E-state index in [1.807, 2.05) is 19.2 Å². The van der Waals surface area contributed by atoms with Crippen LogP contribution in [0.5, 0.6) is 0 Å². The highest BCUT2D eigenvalue weighted by molar-refractivity contribution is 5.69. The van der Waals surface area contributed by atoms with Gasteiger partial charge in [0.25, 0.3) is 0 Å². The largest absolute Gasteiger partial charge is 0.397 e. The third-order valence-corrected chi connectivity index (χ3v) is 5.03. The number of nitrogen functional groups attached to an aromatic ring is 1. The monoisotopic (exact) mass is 313 g/mol. The predicted octanol–water partition coefficient (Wildman–Crippen LogP) is 4.23. The van der Waals surface area contributed by atoms with Crippen molar-refractivity contribution in [3.05, 3.63) is 41.5 Å². The summed E-state index contributed by atoms with van der Waals surface area (Å²) >= 11 is 0. The molecule has 1 saturated carbocycles. The van der Waals surface area contributed by atoms with Gasteiger partial charge in [-0.15, -0.1) is 0 Å². The number of nitrogens with zero attached hydrogens (tertiary/aromatic N) is 2. The Morgan fingerprint density at radius 3 is 2.61 bits per heavy atom. The van der Waals surface area contributed by atoms with Gasteiger partial charge >= 0.3 is 0 Å². The Kier molecular flexibility index (Phi) is 4.09. The van der Waals surface area contributed by atoms with Gasteiger partial charge in [-0.3, -0.25) is 14.4 Å². The number of hydrogen-bond acceptors (Lipinski definition) is 3. The van der Waals surface area contributed by atoms with Crippen LogP contribution in [-0.4, -0.2) is 16.6 Å². The van der Waals surface area contributed by atoms with E-state index in [1.165, 1.54) is 0 Å². The molecule has 4 heteroatoms. The number of rotatable bonds is 4. The minimum absolute atomic E-state index is 0.316. The maximum atomic E-state index is 13.9. The maximum absolute atomic E-state index is 13.9. The molecule has 23 heavy (non-hydrogen) atoms. The molecule has 3 nitrogen and oxygen atoms in total. The molecule has 2 heterocycles. The molecule has 0 unspecified atom stereocenters. The number of halogens is 1. The van der Waals surface area contributed by atoms with E-state index < -0.39 is 0 Å². The number of hydrogen-bond donors (Lipinski definition) is 1. The molecule has 0 amide bonds. The third kappa shape index (κ3) is 2.71. The highest BCUT2D eigenvalue weighted by atomic mass is 19.1. The van der Waals surface area contributed by atoms with Gasteiger partial charge in [-0.05, 0) is 49.8 Å². The van der Waals surface area contributed by atoms with Crippen LogP contribution in [0.15, 0.2) is 24.5 Å². The molecular weight excluding hydrogens is 289 g/mol. The standard InChI is InChI=1S/C19H24FN3/c1-4-18-17(19(11-20)7-12(2)8-19)5-14(9-23-18)16-6-15(21)10-22-13(16)3/h5-6,9-10,12H,4,7-8,11,21H2,1-3H3. The van der Waals surface area contributed by atoms with E-state index in [0.29, 0.717) is 11.6 Å². The number of pyridine rings is 2. The summed E-state index contributed by atoms with van der Waals surface area (Å²) < 4.78 is 13.9. The Bertz CT molecular complexity index is 721. The predicted molar refractivity (Wildman–Crippen MR) is 92.0 cm³/mol. The van der Waals surface area contributed by atoms with Gasteiger partial charge in [0.2, 0.25) is 0 Å². The van der Waals surface area contributed by atoms with E-state index in [9.17, 15) is 4.39 Å². The third-order valence-electron chi connectivity index (χ3n) is 5.03. The molecular formula is C19H24FN3. The number of alkyl halides is 1. The van der Waals surface area contributed by atoms with E-state index in [1.54, 1.807) is 6.20 Å². The van der Waals surface area contributed by atoms with Gasteiger partial charge in [0.1, 0.15) is 0 Å². The molecule has 0 radical (unpaired) electrons. The minimum Gasteiger partial charge on any atom is -0.397 e. The Balaban J connectivity index is 2.11. The molecule has 2 N–H and O–H groups in total. The van der Waals surface area contributed by atoms with Crippen molar-refractivity contribution >= 4 is 5.69 Å². The average Bonchev–Trinajstić information content (AvgIpc) is 2.53. The SMILES string of the molecule is CCc1ncc(-c2cc(N)cnc2C)cc1C1(CF)CC(C)C1. The van der Waals surface area contributed by atoms with E-state index in [2.05, 4.69) is 29.9 Å². The smallest absolute Gasteiger partial charge is 0.0991 e. The lowest BCUT2D eigenvalue weighted by atomic mass is 9.59. The lowest BCUT2D eigenvalue weighted by Gasteiger charge is -2.46. The van der Waals surface area contributed by atoms with Crippen molar-refractivity contribution in [2.24, 2.45) is 5.92 Å². The zero-order chi connectivity index (χ0) is 16.6.